The van der Waals surface area contributed by atoms with E-state index in [9.17, 15) is 4.79 Å². The maximum Gasteiger partial charge on any atom is 0.234 e. The van der Waals surface area contributed by atoms with Crippen LogP contribution in [0.5, 0.6) is 0 Å². The molecule has 2 heterocycles. The van der Waals surface area contributed by atoms with Gasteiger partial charge in [-0.15, -0.1) is 0 Å². The number of aromatic nitrogens is 1. The predicted molar refractivity (Wildman–Crippen MR) is 109 cm³/mol. The fourth-order valence-electron chi connectivity index (χ4n) is 2.86. The van der Waals surface area contributed by atoms with Crippen LogP contribution in [0.1, 0.15) is 6.92 Å². The number of amides is 1. The molecule has 1 aliphatic heterocycles. The Morgan fingerprint density at radius 3 is 2.80 bits per heavy atom. The number of pyridine rings is 1. The molecule has 25 heavy (non-hydrogen) atoms. The number of carbonyl (C=O) groups excluding carboxylic acids is 1. The first kappa shape index (κ1) is 18.1. The largest absolute Gasteiger partial charge is 0.355 e. The Morgan fingerprint density at radius 2 is 2.04 bits per heavy atom. The number of fused-ring (bicyclic) bond motifs is 1. The van der Waals surface area contributed by atoms with Crippen LogP contribution in [0.4, 0.5) is 5.69 Å². The Kier molecular flexibility index (Phi) is 6.23. The molecule has 0 spiro atoms. The monoisotopic (exact) mass is 374 g/mol. The van der Waals surface area contributed by atoms with E-state index in [0.717, 1.165) is 53.6 Å². The predicted octanol–water partition coefficient (Wildman–Crippen LogP) is 2.83. The number of anilines is 1. The molecule has 1 amide bonds. The van der Waals surface area contributed by atoms with Crippen LogP contribution in [0.15, 0.2) is 36.5 Å². The van der Waals surface area contributed by atoms with Gasteiger partial charge in [0, 0.05) is 37.8 Å². The Hall–Kier alpha value is -1.70. The molecule has 0 radical (unpaired) electrons. The Balaban J connectivity index is 1.52. The van der Waals surface area contributed by atoms with Gasteiger partial charge >= 0.3 is 0 Å². The minimum atomic E-state index is -0.0455. The Bertz CT molecular complexity index is 754. The maximum absolute atomic E-state index is 12.3. The number of rotatable bonds is 4. The number of hydrogen-bond acceptors (Lipinski definition) is 5. The molecule has 0 atom stereocenters. The molecule has 1 fully saturated rings. The van der Waals surface area contributed by atoms with Crippen LogP contribution in [0, 0.1) is 0 Å². The molecule has 5 nitrogen and oxygen atoms in total. The Labute approximate surface area is 157 Å². The first-order chi connectivity index (χ1) is 12.2. The fourth-order valence-corrected chi connectivity index (χ4v) is 3.92. The van der Waals surface area contributed by atoms with Crippen molar-refractivity contribution in [1.82, 2.24) is 14.8 Å². The number of nitrogens with one attached hydrogen (secondary N) is 1. The van der Waals surface area contributed by atoms with Crippen LogP contribution in [0.3, 0.4) is 0 Å². The van der Waals surface area contributed by atoms with E-state index in [1.54, 1.807) is 6.20 Å². The van der Waals surface area contributed by atoms with E-state index in [4.69, 9.17) is 12.2 Å². The molecule has 1 aliphatic rings. The lowest BCUT2D eigenvalue weighted by Crippen LogP contribution is -2.47. The molecule has 0 bridgehead atoms. The van der Waals surface area contributed by atoms with Crippen molar-refractivity contribution in [2.24, 2.45) is 0 Å². The van der Waals surface area contributed by atoms with Gasteiger partial charge in [0.05, 0.1) is 17.0 Å². The highest BCUT2D eigenvalue weighted by atomic mass is 32.2. The number of piperazine rings is 1. The number of likely N-dealkylation sites (N-methyl/N-ethyl adjacent to an activating group) is 1. The van der Waals surface area contributed by atoms with Gasteiger partial charge in [-0.2, -0.15) is 0 Å². The second-order valence-electron chi connectivity index (χ2n) is 5.90. The summed E-state index contributed by atoms with van der Waals surface area (Å²) in [5.74, 6) is 0.277. The van der Waals surface area contributed by atoms with E-state index in [2.05, 4.69) is 27.0 Å². The fraction of sp³-hybridized carbons (Fsp3) is 0.389. The van der Waals surface area contributed by atoms with Crippen molar-refractivity contribution >= 4 is 50.8 Å². The van der Waals surface area contributed by atoms with E-state index >= 15 is 0 Å². The number of thioether (sulfide) groups is 1. The minimum absolute atomic E-state index is 0.0455. The number of nitrogens with zero attached hydrogens (tertiary/aromatic N) is 3. The van der Waals surface area contributed by atoms with Crippen LogP contribution in [-0.4, -0.2) is 63.5 Å². The average Bonchev–Trinajstić information content (AvgIpc) is 2.66. The van der Waals surface area contributed by atoms with Gasteiger partial charge in [0.25, 0.3) is 0 Å². The molecule has 3 rings (SSSR count). The van der Waals surface area contributed by atoms with Crippen LogP contribution in [-0.2, 0) is 4.79 Å². The van der Waals surface area contributed by atoms with E-state index < -0.39 is 0 Å². The molecule has 1 saturated heterocycles. The van der Waals surface area contributed by atoms with Gasteiger partial charge < -0.3 is 15.1 Å². The molecule has 1 aromatic carbocycles. The van der Waals surface area contributed by atoms with Crippen molar-refractivity contribution in [3.8, 4) is 0 Å². The van der Waals surface area contributed by atoms with Gasteiger partial charge in [0.15, 0.2) is 0 Å². The van der Waals surface area contributed by atoms with Crippen molar-refractivity contribution in [2.45, 2.75) is 6.92 Å². The molecule has 1 aromatic heterocycles. The molecule has 7 heteroatoms. The molecule has 0 saturated carbocycles. The van der Waals surface area contributed by atoms with E-state index in [1.807, 2.05) is 30.3 Å². The number of benzene rings is 1. The summed E-state index contributed by atoms with van der Waals surface area (Å²) in [6.07, 6.45) is 1.75. The van der Waals surface area contributed by atoms with Crippen LogP contribution < -0.4 is 5.32 Å². The van der Waals surface area contributed by atoms with Crippen molar-refractivity contribution in [2.75, 3.05) is 43.8 Å². The summed E-state index contributed by atoms with van der Waals surface area (Å²) in [7, 11) is 0. The van der Waals surface area contributed by atoms with Crippen molar-refractivity contribution in [3.63, 3.8) is 0 Å². The summed E-state index contributed by atoms with van der Waals surface area (Å²) in [6.45, 7) is 7.21. The van der Waals surface area contributed by atoms with Crippen molar-refractivity contribution in [1.29, 1.82) is 0 Å². The van der Waals surface area contributed by atoms with Gasteiger partial charge in [-0.1, -0.05) is 37.0 Å². The third-order valence-electron chi connectivity index (χ3n) is 4.32. The second-order valence-corrected chi connectivity index (χ2v) is 7.51. The molecule has 132 valence electrons. The first-order valence-corrected chi connectivity index (χ1v) is 9.84. The maximum atomic E-state index is 12.3. The van der Waals surface area contributed by atoms with Gasteiger partial charge in [-0.3, -0.25) is 9.78 Å². The van der Waals surface area contributed by atoms with Gasteiger partial charge in [0.1, 0.15) is 4.32 Å². The molecular formula is C18H22N4OS2. The highest BCUT2D eigenvalue weighted by molar-refractivity contribution is 8.23. The highest BCUT2D eigenvalue weighted by Crippen LogP contribution is 2.21. The van der Waals surface area contributed by atoms with Crippen LogP contribution in [0.2, 0.25) is 0 Å². The second kappa shape index (κ2) is 8.60. The molecule has 0 aliphatic carbocycles. The standard InChI is InChI=1S/C18H22N4OS2/c1-2-21-9-11-22(12-10-21)18(24)25-13-17(23)20-16-7-3-6-15-14(16)5-4-8-19-15/h3-8H,2,9-13H2,1H3,(H,20,23). The lowest BCUT2D eigenvalue weighted by molar-refractivity contribution is -0.113. The summed E-state index contributed by atoms with van der Waals surface area (Å²) >= 11 is 6.92. The topological polar surface area (TPSA) is 48.5 Å². The highest BCUT2D eigenvalue weighted by Gasteiger charge is 2.18. The molecule has 2 aromatic rings. The normalized spacial score (nSPS) is 15.3. The summed E-state index contributed by atoms with van der Waals surface area (Å²) < 4.78 is 0.811. The minimum Gasteiger partial charge on any atom is -0.355 e. The van der Waals surface area contributed by atoms with Crippen molar-refractivity contribution in [3.05, 3.63) is 36.5 Å². The van der Waals surface area contributed by atoms with Crippen molar-refractivity contribution < 1.29 is 4.79 Å². The smallest absolute Gasteiger partial charge is 0.234 e. The molecule has 1 N–H and O–H groups in total. The van der Waals surface area contributed by atoms with E-state index in [-0.39, 0.29) is 5.91 Å². The number of thiocarbonyl (C=S) groups is 1. The van der Waals surface area contributed by atoms with Gasteiger partial charge in [-0.25, -0.2) is 0 Å². The van der Waals surface area contributed by atoms with E-state index in [0.29, 0.717) is 5.75 Å². The SMILES string of the molecule is CCN1CCN(C(=S)SCC(=O)Nc2cccc3ncccc23)CC1. The molecule has 0 unspecified atom stereocenters. The number of carbonyl (C=O) groups is 1. The van der Waals surface area contributed by atoms with Crippen LogP contribution in [0.25, 0.3) is 10.9 Å². The summed E-state index contributed by atoms with van der Waals surface area (Å²) in [4.78, 5) is 21.2. The first-order valence-electron chi connectivity index (χ1n) is 8.45. The van der Waals surface area contributed by atoms with E-state index in [1.165, 1.54) is 11.8 Å². The number of hydrogen-bond donors (Lipinski definition) is 1. The average molecular weight is 375 g/mol. The zero-order valence-electron chi connectivity index (χ0n) is 14.3. The van der Waals surface area contributed by atoms with Crippen LogP contribution >= 0.6 is 24.0 Å². The third kappa shape index (κ3) is 4.68. The summed E-state index contributed by atoms with van der Waals surface area (Å²) in [6, 6.07) is 9.57. The zero-order chi connectivity index (χ0) is 17.6. The summed E-state index contributed by atoms with van der Waals surface area (Å²) in [5, 5.41) is 3.92. The quantitative estimate of drug-likeness (QED) is 0.831. The lowest BCUT2D eigenvalue weighted by Gasteiger charge is -2.35. The summed E-state index contributed by atoms with van der Waals surface area (Å²) in [5.41, 5.74) is 1.66. The third-order valence-corrected chi connectivity index (χ3v) is 5.85. The lowest BCUT2D eigenvalue weighted by atomic mass is 10.2. The van der Waals surface area contributed by atoms with Gasteiger partial charge in [0.2, 0.25) is 5.91 Å². The van der Waals surface area contributed by atoms with Gasteiger partial charge in [-0.05, 0) is 30.8 Å². The zero-order valence-corrected chi connectivity index (χ0v) is 15.9. The molecular weight excluding hydrogens is 352 g/mol. The Morgan fingerprint density at radius 1 is 1.24 bits per heavy atom.